The fourth-order valence-corrected chi connectivity index (χ4v) is 2.33. The average molecular weight is 338 g/mol. The third-order valence-corrected chi connectivity index (χ3v) is 3.49. The van der Waals surface area contributed by atoms with Gasteiger partial charge in [0.05, 0.1) is 10.5 Å². The number of hydrogen-bond acceptors (Lipinski definition) is 3. The third-order valence-electron chi connectivity index (χ3n) is 3.49. The zero-order valence-corrected chi connectivity index (χ0v) is 13.4. The molecule has 0 aliphatic carbocycles. The van der Waals surface area contributed by atoms with Gasteiger partial charge in [0.1, 0.15) is 0 Å². The molecular weight excluding hydrogens is 321 g/mol. The van der Waals surface area contributed by atoms with Gasteiger partial charge in [-0.05, 0) is 35.2 Å². The lowest BCUT2D eigenvalue weighted by Gasteiger charge is -2.23. The topological polar surface area (TPSA) is 55.2 Å². The van der Waals surface area contributed by atoms with E-state index >= 15 is 0 Å². The molecule has 0 radical (unpaired) electrons. The summed E-state index contributed by atoms with van der Waals surface area (Å²) in [5.74, 6) is 0. The minimum absolute atomic E-state index is 0.127. The maximum atomic E-state index is 12.8. The third kappa shape index (κ3) is 4.04. The molecular formula is C17H17F3N2O2. The number of non-ortho nitro benzene ring substituents is 1. The average Bonchev–Trinajstić information content (AvgIpc) is 2.45. The van der Waals surface area contributed by atoms with E-state index in [1.807, 2.05) is 20.8 Å². The fraction of sp³-hybridized carbons (Fsp3) is 0.294. The second-order valence-corrected chi connectivity index (χ2v) is 6.44. The van der Waals surface area contributed by atoms with Gasteiger partial charge in [0.2, 0.25) is 0 Å². The minimum Gasteiger partial charge on any atom is -0.355 e. The highest BCUT2D eigenvalue weighted by Gasteiger charge is 2.30. The molecule has 0 aromatic heterocycles. The Balaban J connectivity index is 2.48. The van der Waals surface area contributed by atoms with Gasteiger partial charge in [-0.15, -0.1) is 0 Å². The largest absolute Gasteiger partial charge is 0.416 e. The Hall–Kier alpha value is -2.57. The molecule has 0 saturated carbocycles. The van der Waals surface area contributed by atoms with Gasteiger partial charge in [0.15, 0.2) is 0 Å². The molecule has 2 aromatic carbocycles. The van der Waals surface area contributed by atoms with Crippen molar-refractivity contribution in [3.05, 3.63) is 63.7 Å². The first kappa shape index (κ1) is 17.8. The Morgan fingerprint density at radius 3 is 2.25 bits per heavy atom. The second kappa shape index (κ2) is 6.14. The molecule has 0 fully saturated rings. The number of alkyl halides is 3. The van der Waals surface area contributed by atoms with E-state index in [1.54, 1.807) is 6.07 Å². The Kier molecular flexibility index (Phi) is 4.55. The van der Waals surface area contributed by atoms with E-state index < -0.39 is 16.7 Å². The van der Waals surface area contributed by atoms with Crippen LogP contribution < -0.4 is 5.32 Å². The molecule has 7 heteroatoms. The summed E-state index contributed by atoms with van der Waals surface area (Å²) in [5, 5.41) is 13.9. The van der Waals surface area contributed by atoms with Gasteiger partial charge in [-0.25, -0.2) is 0 Å². The first-order chi connectivity index (χ1) is 11.0. The summed E-state index contributed by atoms with van der Waals surface area (Å²) in [4.78, 5) is 10.4. The predicted molar refractivity (Wildman–Crippen MR) is 86.5 cm³/mol. The number of rotatable bonds is 3. The number of hydrogen-bond donors (Lipinski definition) is 1. The number of benzene rings is 2. The van der Waals surface area contributed by atoms with Crippen molar-refractivity contribution in [3.63, 3.8) is 0 Å². The molecule has 0 unspecified atom stereocenters. The number of nitro benzene ring substituents is 1. The monoisotopic (exact) mass is 338 g/mol. The van der Waals surface area contributed by atoms with E-state index in [2.05, 4.69) is 5.32 Å². The van der Waals surface area contributed by atoms with Crippen LogP contribution in [0.25, 0.3) is 0 Å². The number of anilines is 2. The van der Waals surface area contributed by atoms with Crippen LogP contribution in [0.5, 0.6) is 0 Å². The molecule has 24 heavy (non-hydrogen) atoms. The fourth-order valence-electron chi connectivity index (χ4n) is 2.33. The van der Waals surface area contributed by atoms with Crippen molar-refractivity contribution in [3.8, 4) is 0 Å². The summed E-state index contributed by atoms with van der Waals surface area (Å²) in [5.41, 5.74) is 0.157. The quantitative estimate of drug-likeness (QED) is 0.581. The first-order valence-corrected chi connectivity index (χ1v) is 7.22. The molecule has 1 N–H and O–H groups in total. The highest BCUT2D eigenvalue weighted by molar-refractivity contribution is 5.68. The van der Waals surface area contributed by atoms with Gasteiger partial charge in [-0.2, -0.15) is 13.2 Å². The minimum atomic E-state index is -4.45. The van der Waals surface area contributed by atoms with Crippen molar-refractivity contribution in [2.45, 2.75) is 32.4 Å². The maximum absolute atomic E-state index is 12.8. The predicted octanol–water partition coefficient (Wildman–Crippen LogP) is 5.65. The number of halogens is 3. The van der Waals surface area contributed by atoms with Crippen LogP contribution in [0.15, 0.2) is 42.5 Å². The van der Waals surface area contributed by atoms with Crippen LogP contribution >= 0.6 is 0 Å². The summed E-state index contributed by atoms with van der Waals surface area (Å²) in [6.07, 6.45) is -4.45. The van der Waals surface area contributed by atoms with Gasteiger partial charge in [-0.1, -0.05) is 26.8 Å². The molecule has 4 nitrogen and oxygen atoms in total. The molecule has 0 spiro atoms. The SMILES string of the molecule is CC(C)(C)c1ccc([N+](=O)[O-])cc1Nc1cccc(C(F)(F)F)c1. The van der Waals surface area contributed by atoms with Crippen molar-refractivity contribution in [2.24, 2.45) is 0 Å². The normalized spacial score (nSPS) is 12.1. The van der Waals surface area contributed by atoms with Crippen LogP contribution in [0.3, 0.4) is 0 Å². The van der Waals surface area contributed by atoms with Crippen molar-refractivity contribution < 1.29 is 18.1 Å². The highest BCUT2D eigenvalue weighted by atomic mass is 19.4. The lowest BCUT2D eigenvalue weighted by Crippen LogP contribution is -2.14. The van der Waals surface area contributed by atoms with E-state index in [0.717, 1.165) is 17.7 Å². The van der Waals surface area contributed by atoms with Crippen molar-refractivity contribution in [1.82, 2.24) is 0 Å². The second-order valence-electron chi connectivity index (χ2n) is 6.44. The summed E-state index contributed by atoms with van der Waals surface area (Å²) >= 11 is 0. The van der Waals surface area contributed by atoms with Crippen LogP contribution in [0, 0.1) is 10.1 Å². The zero-order chi connectivity index (χ0) is 18.1. The van der Waals surface area contributed by atoms with E-state index in [0.29, 0.717) is 5.69 Å². The lowest BCUT2D eigenvalue weighted by molar-refractivity contribution is -0.384. The van der Waals surface area contributed by atoms with Crippen molar-refractivity contribution >= 4 is 17.1 Å². The van der Waals surface area contributed by atoms with E-state index in [4.69, 9.17) is 0 Å². The zero-order valence-electron chi connectivity index (χ0n) is 13.4. The lowest BCUT2D eigenvalue weighted by atomic mass is 9.85. The Bertz CT molecular complexity index is 765. The molecule has 0 aliphatic heterocycles. The van der Waals surface area contributed by atoms with Crippen LogP contribution in [0.4, 0.5) is 30.2 Å². The standard InChI is InChI=1S/C17H17F3N2O2/c1-16(2,3)14-8-7-13(22(23)24)10-15(14)21-12-6-4-5-11(9-12)17(18,19)20/h4-10,21H,1-3H3. The van der Waals surface area contributed by atoms with E-state index in [1.165, 1.54) is 24.3 Å². The van der Waals surface area contributed by atoms with Crippen LogP contribution in [0.1, 0.15) is 31.9 Å². The molecule has 2 rings (SSSR count). The van der Waals surface area contributed by atoms with Gasteiger partial charge < -0.3 is 5.32 Å². The first-order valence-electron chi connectivity index (χ1n) is 7.22. The van der Waals surface area contributed by atoms with E-state index in [9.17, 15) is 23.3 Å². The Labute approximate surface area is 137 Å². The Morgan fingerprint density at radius 2 is 1.71 bits per heavy atom. The number of nitrogens with one attached hydrogen (secondary N) is 1. The molecule has 0 amide bonds. The summed E-state index contributed by atoms with van der Waals surface area (Å²) in [6.45, 7) is 5.77. The van der Waals surface area contributed by atoms with Crippen LogP contribution in [-0.4, -0.2) is 4.92 Å². The van der Waals surface area contributed by atoms with Gasteiger partial charge in [-0.3, -0.25) is 10.1 Å². The van der Waals surface area contributed by atoms with Gasteiger partial charge in [0.25, 0.3) is 5.69 Å². The summed E-state index contributed by atoms with van der Waals surface area (Å²) < 4.78 is 38.5. The van der Waals surface area contributed by atoms with Gasteiger partial charge >= 0.3 is 6.18 Å². The van der Waals surface area contributed by atoms with Crippen molar-refractivity contribution in [1.29, 1.82) is 0 Å². The summed E-state index contributed by atoms with van der Waals surface area (Å²) in [7, 11) is 0. The molecule has 0 saturated heterocycles. The molecule has 2 aromatic rings. The smallest absolute Gasteiger partial charge is 0.355 e. The maximum Gasteiger partial charge on any atom is 0.416 e. The van der Waals surface area contributed by atoms with Crippen LogP contribution in [-0.2, 0) is 11.6 Å². The Morgan fingerprint density at radius 1 is 1.04 bits per heavy atom. The summed E-state index contributed by atoms with van der Waals surface area (Å²) in [6, 6.07) is 9.07. The van der Waals surface area contributed by atoms with E-state index in [-0.39, 0.29) is 16.8 Å². The highest BCUT2D eigenvalue weighted by Crippen LogP contribution is 2.36. The molecule has 0 heterocycles. The van der Waals surface area contributed by atoms with Crippen LogP contribution in [0.2, 0.25) is 0 Å². The molecule has 0 aliphatic rings. The molecule has 128 valence electrons. The van der Waals surface area contributed by atoms with Gasteiger partial charge in [0, 0.05) is 23.5 Å². The molecule has 0 atom stereocenters. The molecule has 0 bridgehead atoms. The number of nitrogens with zero attached hydrogens (tertiary/aromatic N) is 1. The van der Waals surface area contributed by atoms with Crippen molar-refractivity contribution in [2.75, 3.05) is 5.32 Å². The number of nitro groups is 1.